The van der Waals surface area contributed by atoms with Gasteiger partial charge in [-0.15, -0.1) is 0 Å². The van der Waals surface area contributed by atoms with E-state index >= 15 is 0 Å². The molecule has 0 bridgehead atoms. The lowest BCUT2D eigenvalue weighted by molar-refractivity contribution is 1.02. The van der Waals surface area contributed by atoms with Gasteiger partial charge >= 0.3 is 0 Å². The van der Waals surface area contributed by atoms with E-state index in [1.165, 1.54) is 0 Å². The molecule has 5 heteroatoms. The van der Waals surface area contributed by atoms with Gasteiger partial charge in [-0.05, 0) is 13.8 Å². The van der Waals surface area contributed by atoms with Crippen LogP contribution in [0.1, 0.15) is 11.6 Å². The number of aromatic nitrogens is 4. The summed E-state index contributed by atoms with van der Waals surface area (Å²) in [5, 5.41) is 1.10. The standard InChI is InChI=1S/C8H7ClN4/c1-4-10-3-6-7(9)11-5(2)13-8(6)12-4/h3H,1-2H3. The number of hydrogen-bond acceptors (Lipinski definition) is 4. The van der Waals surface area contributed by atoms with Crippen LogP contribution in [-0.4, -0.2) is 19.9 Å². The molecule has 0 saturated heterocycles. The third kappa shape index (κ3) is 1.45. The van der Waals surface area contributed by atoms with Crippen molar-refractivity contribution >= 4 is 22.6 Å². The Morgan fingerprint density at radius 1 is 1.08 bits per heavy atom. The van der Waals surface area contributed by atoms with E-state index < -0.39 is 0 Å². The normalized spacial score (nSPS) is 10.7. The highest BCUT2D eigenvalue weighted by atomic mass is 35.5. The van der Waals surface area contributed by atoms with Gasteiger partial charge in [-0.1, -0.05) is 11.6 Å². The van der Waals surface area contributed by atoms with Gasteiger partial charge in [0.1, 0.15) is 16.8 Å². The van der Waals surface area contributed by atoms with Crippen molar-refractivity contribution in [2.24, 2.45) is 0 Å². The van der Waals surface area contributed by atoms with Crippen molar-refractivity contribution < 1.29 is 0 Å². The highest BCUT2D eigenvalue weighted by Crippen LogP contribution is 2.17. The van der Waals surface area contributed by atoms with Gasteiger partial charge in [-0.3, -0.25) is 0 Å². The first-order valence-electron chi connectivity index (χ1n) is 3.80. The number of fused-ring (bicyclic) bond motifs is 1. The summed E-state index contributed by atoms with van der Waals surface area (Å²) in [5.41, 5.74) is 0.602. The molecule has 2 heterocycles. The maximum absolute atomic E-state index is 5.88. The molecule has 2 rings (SSSR count). The maximum Gasteiger partial charge on any atom is 0.167 e. The van der Waals surface area contributed by atoms with E-state index in [-0.39, 0.29) is 0 Å². The molecule has 2 aromatic heterocycles. The lowest BCUT2D eigenvalue weighted by atomic mass is 10.4. The van der Waals surface area contributed by atoms with Crippen LogP contribution in [0, 0.1) is 13.8 Å². The second-order valence-corrected chi connectivity index (χ2v) is 3.07. The van der Waals surface area contributed by atoms with E-state index in [0.29, 0.717) is 27.8 Å². The highest BCUT2D eigenvalue weighted by Gasteiger charge is 2.04. The van der Waals surface area contributed by atoms with Crippen molar-refractivity contribution in [1.29, 1.82) is 0 Å². The molecule has 2 aromatic rings. The minimum absolute atomic E-state index is 0.405. The van der Waals surface area contributed by atoms with Crippen LogP contribution in [0.5, 0.6) is 0 Å². The van der Waals surface area contributed by atoms with E-state index in [1.807, 2.05) is 6.92 Å². The van der Waals surface area contributed by atoms with Crippen LogP contribution in [0.25, 0.3) is 11.0 Å². The molecule has 0 aliphatic heterocycles. The number of nitrogens with zero attached hydrogens (tertiary/aromatic N) is 4. The summed E-state index contributed by atoms with van der Waals surface area (Å²) in [6.45, 7) is 3.59. The van der Waals surface area contributed by atoms with E-state index in [0.717, 1.165) is 0 Å². The summed E-state index contributed by atoms with van der Waals surface area (Å²) in [6.07, 6.45) is 1.64. The topological polar surface area (TPSA) is 51.6 Å². The van der Waals surface area contributed by atoms with Gasteiger partial charge in [0, 0.05) is 6.20 Å². The van der Waals surface area contributed by atoms with Gasteiger partial charge in [0.15, 0.2) is 5.65 Å². The summed E-state index contributed by atoms with van der Waals surface area (Å²) in [6, 6.07) is 0. The zero-order valence-electron chi connectivity index (χ0n) is 7.24. The molecular formula is C8H7ClN4. The van der Waals surface area contributed by atoms with Gasteiger partial charge in [0.05, 0.1) is 5.39 Å². The monoisotopic (exact) mass is 194 g/mol. The fourth-order valence-corrected chi connectivity index (χ4v) is 1.32. The number of aryl methyl sites for hydroxylation is 2. The van der Waals surface area contributed by atoms with Crippen molar-refractivity contribution in [3.05, 3.63) is 23.0 Å². The van der Waals surface area contributed by atoms with Crippen molar-refractivity contribution in [1.82, 2.24) is 19.9 Å². The first kappa shape index (κ1) is 8.31. The van der Waals surface area contributed by atoms with Crippen molar-refractivity contribution in [2.45, 2.75) is 13.8 Å². The molecule has 0 unspecified atom stereocenters. The van der Waals surface area contributed by atoms with Gasteiger partial charge in [-0.25, -0.2) is 19.9 Å². The first-order valence-corrected chi connectivity index (χ1v) is 4.18. The molecule has 0 fully saturated rings. The first-order chi connectivity index (χ1) is 6.16. The SMILES string of the molecule is Cc1ncc2c(Cl)nc(C)nc2n1. The van der Waals surface area contributed by atoms with Crippen LogP contribution in [0.3, 0.4) is 0 Å². The van der Waals surface area contributed by atoms with Crippen molar-refractivity contribution in [2.75, 3.05) is 0 Å². The van der Waals surface area contributed by atoms with Gasteiger partial charge in [0.25, 0.3) is 0 Å². The lowest BCUT2D eigenvalue weighted by Crippen LogP contribution is -1.95. The second-order valence-electron chi connectivity index (χ2n) is 2.72. The number of hydrogen-bond donors (Lipinski definition) is 0. The summed E-state index contributed by atoms with van der Waals surface area (Å²) < 4.78 is 0. The summed E-state index contributed by atoms with van der Waals surface area (Å²) >= 11 is 5.88. The minimum Gasteiger partial charge on any atom is -0.241 e. The number of halogens is 1. The summed E-state index contributed by atoms with van der Waals surface area (Å²) in [7, 11) is 0. The quantitative estimate of drug-likeness (QED) is 0.599. The Hall–Kier alpha value is -1.29. The molecule has 0 saturated carbocycles. The van der Waals surface area contributed by atoms with E-state index in [1.54, 1.807) is 13.1 Å². The Morgan fingerprint density at radius 3 is 2.54 bits per heavy atom. The Kier molecular flexibility index (Phi) is 1.84. The minimum atomic E-state index is 0.405. The fourth-order valence-electron chi connectivity index (χ4n) is 1.07. The van der Waals surface area contributed by atoms with Gasteiger partial charge in [-0.2, -0.15) is 0 Å². The predicted octanol–water partition coefficient (Wildman–Crippen LogP) is 1.69. The van der Waals surface area contributed by atoms with Crippen LogP contribution in [-0.2, 0) is 0 Å². The van der Waals surface area contributed by atoms with Crippen molar-refractivity contribution in [3.63, 3.8) is 0 Å². The molecule has 0 spiro atoms. The van der Waals surface area contributed by atoms with Gasteiger partial charge in [0.2, 0.25) is 0 Å². The van der Waals surface area contributed by atoms with Crippen LogP contribution in [0.4, 0.5) is 0 Å². The van der Waals surface area contributed by atoms with Crippen LogP contribution < -0.4 is 0 Å². The molecule has 0 aromatic carbocycles. The average molecular weight is 195 g/mol. The van der Waals surface area contributed by atoms with Crippen LogP contribution in [0.15, 0.2) is 6.20 Å². The average Bonchev–Trinajstić information content (AvgIpc) is 2.02. The molecule has 0 amide bonds. The van der Waals surface area contributed by atoms with E-state index in [9.17, 15) is 0 Å². The third-order valence-electron chi connectivity index (χ3n) is 1.64. The molecule has 13 heavy (non-hydrogen) atoms. The van der Waals surface area contributed by atoms with Crippen molar-refractivity contribution in [3.8, 4) is 0 Å². The summed E-state index contributed by atoms with van der Waals surface area (Å²) in [4.78, 5) is 16.3. The fraction of sp³-hybridized carbons (Fsp3) is 0.250. The van der Waals surface area contributed by atoms with Crippen LogP contribution in [0.2, 0.25) is 5.15 Å². The van der Waals surface area contributed by atoms with E-state index in [2.05, 4.69) is 19.9 Å². The lowest BCUT2D eigenvalue weighted by Gasteiger charge is -1.99. The second kappa shape index (κ2) is 2.88. The molecule has 0 N–H and O–H groups in total. The molecule has 0 atom stereocenters. The third-order valence-corrected chi connectivity index (χ3v) is 1.93. The molecular weight excluding hydrogens is 188 g/mol. The molecule has 0 aliphatic carbocycles. The Bertz CT molecular complexity index is 464. The largest absolute Gasteiger partial charge is 0.241 e. The van der Waals surface area contributed by atoms with Gasteiger partial charge < -0.3 is 0 Å². The zero-order chi connectivity index (χ0) is 9.42. The zero-order valence-corrected chi connectivity index (χ0v) is 8.00. The summed E-state index contributed by atoms with van der Waals surface area (Å²) in [5.74, 6) is 1.30. The molecule has 4 nitrogen and oxygen atoms in total. The predicted molar refractivity (Wildman–Crippen MR) is 49.6 cm³/mol. The molecule has 0 aliphatic rings. The smallest absolute Gasteiger partial charge is 0.167 e. The molecule has 0 radical (unpaired) electrons. The van der Waals surface area contributed by atoms with E-state index in [4.69, 9.17) is 11.6 Å². The number of rotatable bonds is 0. The molecule has 66 valence electrons. The highest BCUT2D eigenvalue weighted by molar-refractivity contribution is 6.33. The maximum atomic E-state index is 5.88. The van der Waals surface area contributed by atoms with Crippen LogP contribution >= 0.6 is 11.6 Å². The Morgan fingerprint density at radius 2 is 1.77 bits per heavy atom. The Labute approximate surface area is 80.0 Å². The Balaban J connectivity index is 2.86.